The molecule has 0 saturated carbocycles. The number of hydrogen-bond acceptors (Lipinski definition) is 7. The highest BCUT2D eigenvalue weighted by Gasteiger charge is 2.44. The van der Waals surface area contributed by atoms with Gasteiger partial charge in [-0.15, -0.1) is 0 Å². The molecule has 174 valence electrons. The summed E-state index contributed by atoms with van der Waals surface area (Å²) < 4.78 is 24.5. The smallest absolute Gasteiger partial charge is 0.262 e. The monoisotopic (exact) mass is 467 g/mol. The number of carbonyl (C=O) groups is 5. The molecule has 10 nitrogen and oxygen atoms in total. The van der Waals surface area contributed by atoms with Crippen LogP contribution in [-0.4, -0.2) is 47.3 Å². The van der Waals surface area contributed by atoms with Crippen molar-refractivity contribution < 1.29 is 37.8 Å². The Kier molecular flexibility index (Phi) is 5.33. The van der Waals surface area contributed by atoms with Gasteiger partial charge in [-0.25, -0.2) is 4.39 Å². The predicted octanol–water partition coefficient (Wildman–Crippen LogP) is 1.02. The van der Waals surface area contributed by atoms with E-state index in [-0.39, 0.29) is 49.5 Å². The van der Waals surface area contributed by atoms with E-state index in [0.717, 1.165) is 4.90 Å². The van der Waals surface area contributed by atoms with E-state index < -0.39 is 41.4 Å². The second-order valence-electron chi connectivity index (χ2n) is 8.05. The van der Waals surface area contributed by atoms with Crippen LogP contribution in [0, 0.1) is 5.82 Å². The van der Waals surface area contributed by atoms with Gasteiger partial charge in [0.1, 0.15) is 17.6 Å². The molecule has 1 saturated heterocycles. The summed E-state index contributed by atoms with van der Waals surface area (Å²) in [5, 5.41) is 4.79. The topological polar surface area (TPSA) is 131 Å². The third-order valence-electron chi connectivity index (χ3n) is 5.89. The maximum Gasteiger partial charge on any atom is 0.262 e. The van der Waals surface area contributed by atoms with Crippen molar-refractivity contribution in [2.24, 2.45) is 0 Å². The predicted molar refractivity (Wildman–Crippen MR) is 111 cm³/mol. The van der Waals surface area contributed by atoms with E-state index in [9.17, 15) is 28.4 Å². The van der Waals surface area contributed by atoms with Gasteiger partial charge in [-0.3, -0.25) is 34.2 Å². The Balaban J connectivity index is 1.34. The minimum absolute atomic E-state index is 0.00836. The molecule has 11 heteroatoms. The van der Waals surface area contributed by atoms with Crippen LogP contribution in [0.3, 0.4) is 0 Å². The molecule has 1 fully saturated rings. The lowest BCUT2D eigenvalue weighted by atomic mass is 10.0. The highest BCUT2D eigenvalue weighted by Crippen LogP contribution is 2.30. The number of rotatable bonds is 4. The van der Waals surface area contributed by atoms with E-state index in [2.05, 4.69) is 10.6 Å². The van der Waals surface area contributed by atoms with Crippen molar-refractivity contribution in [2.45, 2.75) is 32.0 Å². The Morgan fingerprint density at radius 1 is 1.12 bits per heavy atom. The Bertz CT molecular complexity index is 1280. The van der Waals surface area contributed by atoms with Crippen LogP contribution in [0.15, 0.2) is 30.3 Å². The van der Waals surface area contributed by atoms with Crippen LogP contribution in [0.2, 0.25) is 0 Å². The molecule has 3 aliphatic heterocycles. The van der Waals surface area contributed by atoms with Crippen molar-refractivity contribution >= 4 is 29.5 Å². The number of ether oxygens (including phenoxy) is 2. The molecule has 5 rings (SSSR count). The van der Waals surface area contributed by atoms with Crippen LogP contribution < -0.4 is 15.4 Å². The van der Waals surface area contributed by atoms with E-state index in [1.807, 2.05) is 0 Å². The maximum atomic E-state index is 13.9. The highest BCUT2D eigenvalue weighted by molar-refractivity contribution is 6.24. The fourth-order valence-electron chi connectivity index (χ4n) is 4.28. The lowest BCUT2D eigenvalue weighted by Gasteiger charge is -2.27. The third-order valence-corrected chi connectivity index (χ3v) is 5.89. The Morgan fingerprint density at radius 3 is 2.71 bits per heavy atom. The van der Waals surface area contributed by atoms with Gasteiger partial charge in [-0.05, 0) is 36.8 Å². The number of piperidine rings is 1. The zero-order valence-electron chi connectivity index (χ0n) is 17.7. The van der Waals surface area contributed by atoms with Gasteiger partial charge in [0.25, 0.3) is 17.7 Å². The van der Waals surface area contributed by atoms with Gasteiger partial charge in [0.15, 0.2) is 6.79 Å². The molecule has 34 heavy (non-hydrogen) atoms. The summed E-state index contributed by atoms with van der Waals surface area (Å²) in [5.74, 6) is -3.14. The number of nitrogens with one attached hydrogen (secondary N) is 2. The third kappa shape index (κ3) is 3.69. The summed E-state index contributed by atoms with van der Waals surface area (Å²) in [7, 11) is 0. The lowest BCUT2D eigenvalue weighted by molar-refractivity contribution is -0.136. The van der Waals surface area contributed by atoms with Gasteiger partial charge in [0.2, 0.25) is 11.8 Å². The SMILES string of the molecule is O=C1CCC(N2C(=O)c3ccc(C(=O)NCc4cc(F)cc5c4OCOC5)cc3C2=O)C(=O)N1. The molecule has 2 aromatic rings. The second-order valence-corrected chi connectivity index (χ2v) is 8.05. The quantitative estimate of drug-likeness (QED) is 0.642. The summed E-state index contributed by atoms with van der Waals surface area (Å²) in [6, 6.07) is 5.48. The zero-order valence-corrected chi connectivity index (χ0v) is 17.7. The van der Waals surface area contributed by atoms with Gasteiger partial charge >= 0.3 is 0 Å². The molecule has 2 aromatic carbocycles. The van der Waals surface area contributed by atoms with Crippen LogP contribution in [-0.2, 0) is 27.5 Å². The summed E-state index contributed by atoms with van der Waals surface area (Å²) in [6.45, 7) is 0.175. The van der Waals surface area contributed by atoms with Crippen molar-refractivity contribution in [3.05, 3.63) is 64.0 Å². The molecule has 0 spiro atoms. The number of hydrogen-bond donors (Lipinski definition) is 2. The van der Waals surface area contributed by atoms with Crippen LogP contribution in [0.5, 0.6) is 5.75 Å². The molecule has 3 heterocycles. The van der Waals surface area contributed by atoms with Crippen LogP contribution in [0.4, 0.5) is 4.39 Å². The number of imide groups is 2. The first-order valence-corrected chi connectivity index (χ1v) is 10.5. The molecule has 0 aliphatic carbocycles. The zero-order chi connectivity index (χ0) is 24.0. The number of nitrogens with zero attached hydrogens (tertiary/aromatic N) is 1. The molecule has 0 aromatic heterocycles. The number of carbonyl (C=O) groups excluding carboxylic acids is 5. The largest absolute Gasteiger partial charge is 0.467 e. The molecular formula is C23H18FN3O7. The molecular weight excluding hydrogens is 449 g/mol. The molecule has 3 aliphatic rings. The molecule has 0 bridgehead atoms. The van der Waals surface area contributed by atoms with E-state index in [1.54, 1.807) is 0 Å². The first-order valence-electron chi connectivity index (χ1n) is 10.5. The number of fused-ring (bicyclic) bond motifs is 2. The normalized spacial score (nSPS) is 19.3. The Morgan fingerprint density at radius 2 is 1.91 bits per heavy atom. The summed E-state index contributed by atoms with van der Waals surface area (Å²) in [6.07, 6.45) is 0.0473. The van der Waals surface area contributed by atoms with Gasteiger partial charge in [-0.2, -0.15) is 0 Å². The van der Waals surface area contributed by atoms with Crippen LogP contribution in [0.25, 0.3) is 0 Å². The highest BCUT2D eigenvalue weighted by atomic mass is 19.1. The Labute approximate surface area is 192 Å². The molecule has 1 unspecified atom stereocenters. The Hall–Kier alpha value is -4.12. The van der Waals surface area contributed by atoms with E-state index in [0.29, 0.717) is 16.9 Å². The van der Waals surface area contributed by atoms with Gasteiger partial charge in [0, 0.05) is 29.7 Å². The molecule has 1 atom stereocenters. The standard InChI is InChI=1S/C23H18FN3O7/c24-14-5-12(19-13(6-14)9-33-10-34-19)8-25-20(29)11-1-2-15-16(7-11)23(32)27(22(15)31)17-3-4-18(28)26-21(17)30/h1-2,5-7,17H,3-4,8-10H2,(H,25,29)(H,26,28,30). The van der Waals surface area contributed by atoms with E-state index >= 15 is 0 Å². The van der Waals surface area contributed by atoms with Crippen molar-refractivity contribution in [1.82, 2.24) is 15.5 Å². The fourth-order valence-corrected chi connectivity index (χ4v) is 4.28. The minimum Gasteiger partial charge on any atom is -0.467 e. The van der Waals surface area contributed by atoms with Crippen molar-refractivity contribution in [2.75, 3.05) is 6.79 Å². The number of halogens is 1. The van der Waals surface area contributed by atoms with Crippen LogP contribution >= 0.6 is 0 Å². The first kappa shape index (κ1) is 21.7. The van der Waals surface area contributed by atoms with Gasteiger partial charge < -0.3 is 14.8 Å². The minimum atomic E-state index is -1.09. The average Bonchev–Trinajstić information content (AvgIpc) is 3.06. The molecule has 0 radical (unpaired) electrons. The van der Waals surface area contributed by atoms with Crippen molar-refractivity contribution in [3.63, 3.8) is 0 Å². The average molecular weight is 467 g/mol. The first-order chi connectivity index (χ1) is 16.3. The van der Waals surface area contributed by atoms with Gasteiger partial charge in [0.05, 0.1) is 17.7 Å². The van der Waals surface area contributed by atoms with Crippen LogP contribution in [0.1, 0.15) is 55.0 Å². The summed E-state index contributed by atoms with van der Waals surface area (Å²) in [4.78, 5) is 62.8. The summed E-state index contributed by atoms with van der Waals surface area (Å²) >= 11 is 0. The molecule has 2 N–H and O–H groups in total. The van der Waals surface area contributed by atoms with Crippen molar-refractivity contribution in [1.29, 1.82) is 0 Å². The van der Waals surface area contributed by atoms with E-state index in [1.165, 1.54) is 30.3 Å². The number of amides is 5. The maximum absolute atomic E-state index is 13.9. The van der Waals surface area contributed by atoms with E-state index in [4.69, 9.17) is 9.47 Å². The molecule has 5 amide bonds. The number of benzene rings is 2. The lowest BCUT2D eigenvalue weighted by Crippen LogP contribution is -2.54. The fraction of sp³-hybridized carbons (Fsp3) is 0.261. The summed E-state index contributed by atoms with van der Waals surface area (Å²) in [5.41, 5.74) is 1.14. The second kappa shape index (κ2) is 8.34. The van der Waals surface area contributed by atoms with Crippen molar-refractivity contribution in [3.8, 4) is 5.75 Å². The van der Waals surface area contributed by atoms with Gasteiger partial charge in [-0.1, -0.05) is 0 Å².